The van der Waals surface area contributed by atoms with Crippen LogP contribution in [-0.2, 0) is 10.2 Å². The summed E-state index contributed by atoms with van der Waals surface area (Å²) in [5.74, 6) is 0.800. The van der Waals surface area contributed by atoms with Gasteiger partial charge in [0.1, 0.15) is 11.5 Å². The number of amides is 2. The molecule has 184 valence electrons. The predicted molar refractivity (Wildman–Crippen MR) is 137 cm³/mol. The number of nitrogens with one attached hydrogen (secondary N) is 2. The highest BCUT2D eigenvalue weighted by Crippen LogP contribution is 2.38. The molecule has 0 saturated heterocycles. The Bertz CT molecular complexity index is 987. The summed E-state index contributed by atoms with van der Waals surface area (Å²) < 4.78 is 11.6. The Hall–Kier alpha value is -3.02. The molecule has 0 aliphatic heterocycles. The lowest BCUT2D eigenvalue weighted by Crippen LogP contribution is -2.25. The highest BCUT2D eigenvalue weighted by atomic mass is 16.5. The number of carbonyl (C=O) groups excluding carboxylic acids is 2. The molecule has 6 heteroatoms. The van der Waals surface area contributed by atoms with E-state index < -0.39 is 0 Å². The van der Waals surface area contributed by atoms with Crippen LogP contribution in [0.4, 0.5) is 11.4 Å². The van der Waals surface area contributed by atoms with E-state index in [0.29, 0.717) is 41.7 Å². The Morgan fingerprint density at radius 1 is 0.853 bits per heavy atom. The van der Waals surface area contributed by atoms with E-state index in [4.69, 9.17) is 9.47 Å². The van der Waals surface area contributed by atoms with E-state index in [1.807, 2.05) is 38.1 Å². The highest BCUT2D eigenvalue weighted by Gasteiger charge is 2.23. The van der Waals surface area contributed by atoms with E-state index >= 15 is 0 Å². The van der Waals surface area contributed by atoms with Gasteiger partial charge in [-0.15, -0.1) is 0 Å². The number of ether oxygens (including phenoxy) is 2. The maximum atomic E-state index is 13.0. The molecule has 2 aromatic carbocycles. The summed E-state index contributed by atoms with van der Waals surface area (Å²) in [4.78, 5) is 25.9. The zero-order valence-corrected chi connectivity index (χ0v) is 21.1. The number of anilines is 2. The van der Waals surface area contributed by atoms with E-state index in [2.05, 4.69) is 31.4 Å². The molecule has 0 radical (unpaired) electrons. The average molecular weight is 467 g/mol. The van der Waals surface area contributed by atoms with Gasteiger partial charge in [-0.3, -0.25) is 9.59 Å². The van der Waals surface area contributed by atoms with Gasteiger partial charge in [0.25, 0.3) is 5.91 Å². The zero-order chi connectivity index (χ0) is 24.7. The number of benzene rings is 2. The molecule has 0 spiro atoms. The molecule has 2 aromatic rings. The van der Waals surface area contributed by atoms with Crippen molar-refractivity contribution in [2.75, 3.05) is 23.8 Å². The first-order chi connectivity index (χ1) is 16.2. The van der Waals surface area contributed by atoms with Gasteiger partial charge in [0, 0.05) is 23.6 Å². The SMILES string of the molecule is CCOc1cc(NC(=O)C2CCCCC2)c(OCC)cc1NC(=O)c1ccc(C(C)(C)C)cc1. The Balaban J connectivity index is 1.85. The zero-order valence-electron chi connectivity index (χ0n) is 21.1. The third-order valence-corrected chi connectivity index (χ3v) is 6.18. The minimum atomic E-state index is -0.233. The average Bonchev–Trinajstić information content (AvgIpc) is 2.82. The van der Waals surface area contributed by atoms with Crippen molar-refractivity contribution in [3.05, 3.63) is 47.5 Å². The third kappa shape index (κ3) is 6.52. The van der Waals surface area contributed by atoms with Gasteiger partial charge in [0.15, 0.2) is 0 Å². The van der Waals surface area contributed by atoms with Gasteiger partial charge in [-0.25, -0.2) is 0 Å². The summed E-state index contributed by atoms with van der Waals surface area (Å²) in [6.45, 7) is 11.0. The van der Waals surface area contributed by atoms with E-state index in [1.54, 1.807) is 12.1 Å². The lowest BCUT2D eigenvalue weighted by molar-refractivity contribution is -0.120. The van der Waals surface area contributed by atoms with Gasteiger partial charge in [0.05, 0.1) is 24.6 Å². The first-order valence-corrected chi connectivity index (χ1v) is 12.4. The second-order valence-corrected chi connectivity index (χ2v) is 9.82. The normalized spacial score (nSPS) is 14.4. The molecule has 0 unspecified atom stereocenters. The maximum Gasteiger partial charge on any atom is 0.255 e. The summed E-state index contributed by atoms with van der Waals surface area (Å²) in [5.41, 5.74) is 2.81. The monoisotopic (exact) mass is 466 g/mol. The number of hydrogen-bond acceptors (Lipinski definition) is 4. The molecule has 3 rings (SSSR count). The molecule has 6 nitrogen and oxygen atoms in total. The minimum absolute atomic E-state index is 0.0128. The second-order valence-electron chi connectivity index (χ2n) is 9.82. The van der Waals surface area contributed by atoms with Crippen LogP contribution in [0.25, 0.3) is 0 Å². The van der Waals surface area contributed by atoms with E-state index in [-0.39, 0.29) is 23.1 Å². The van der Waals surface area contributed by atoms with Gasteiger partial charge in [-0.05, 0) is 49.8 Å². The topological polar surface area (TPSA) is 76.7 Å². The van der Waals surface area contributed by atoms with Crippen molar-refractivity contribution in [3.8, 4) is 11.5 Å². The molecule has 34 heavy (non-hydrogen) atoms. The summed E-state index contributed by atoms with van der Waals surface area (Å²) in [5, 5.41) is 6.00. The molecular weight excluding hydrogens is 428 g/mol. The highest BCUT2D eigenvalue weighted by molar-refractivity contribution is 6.05. The summed E-state index contributed by atoms with van der Waals surface area (Å²) >= 11 is 0. The molecule has 1 saturated carbocycles. The van der Waals surface area contributed by atoms with Crippen LogP contribution < -0.4 is 20.1 Å². The lowest BCUT2D eigenvalue weighted by Gasteiger charge is -2.22. The van der Waals surface area contributed by atoms with Crippen LogP contribution in [0.2, 0.25) is 0 Å². The van der Waals surface area contributed by atoms with Gasteiger partial charge < -0.3 is 20.1 Å². The number of rotatable bonds is 8. The van der Waals surface area contributed by atoms with Crippen molar-refractivity contribution in [1.82, 2.24) is 0 Å². The predicted octanol–water partition coefficient (Wildman–Crippen LogP) is 6.55. The maximum absolute atomic E-state index is 13.0. The Morgan fingerprint density at radius 3 is 1.88 bits per heavy atom. The van der Waals surface area contributed by atoms with Crippen molar-refractivity contribution < 1.29 is 19.1 Å². The standard InChI is InChI=1S/C28H38N2O4/c1-6-33-24-18-23(30-27(32)20-13-15-21(16-14-20)28(3,4)5)25(34-7-2)17-22(24)29-26(31)19-11-9-8-10-12-19/h13-19H,6-12H2,1-5H3,(H,29,31)(H,30,32). The number of hydrogen-bond donors (Lipinski definition) is 2. The summed E-state index contributed by atoms with van der Waals surface area (Å²) in [7, 11) is 0. The fourth-order valence-electron chi connectivity index (χ4n) is 4.22. The van der Waals surface area contributed by atoms with Crippen LogP contribution in [0, 0.1) is 5.92 Å². The van der Waals surface area contributed by atoms with Crippen LogP contribution in [-0.4, -0.2) is 25.0 Å². The molecule has 1 aliphatic carbocycles. The van der Waals surface area contributed by atoms with Crippen LogP contribution in [0.3, 0.4) is 0 Å². The molecule has 1 fully saturated rings. The first-order valence-electron chi connectivity index (χ1n) is 12.4. The minimum Gasteiger partial charge on any atom is -0.492 e. The summed E-state index contributed by atoms with van der Waals surface area (Å²) in [6, 6.07) is 11.1. The molecule has 0 atom stereocenters. The molecule has 2 N–H and O–H groups in total. The molecular formula is C28H38N2O4. The van der Waals surface area contributed by atoms with Crippen molar-refractivity contribution in [2.24, 2.45) is 5.92 Å². The Morgan fingerprint density at radius 2 is 1.38 bits per heavy atom. The van der Waals surface area contributed by atoms with Crippen molar-refractivity contribution >= 4 is 23.2 Å². The molecule has 0 aromatic heterocycles. The second kappa shape index (κ2) is 11.4. The van der Waals surface area contributed by atoms with Gasteiger partial charge >= 0.3 is 0 Å². The van der Waals surface area contributed by atoms with Gasteiger partial charge in [-0.2, -0.15) is 0 Å². The molecule has 2 amide bonds. The fourth-order valence-corrected chi connectivity index (χ4v) is 4.22. The first kappa shape index (κ1) is 25.6. The van der Waals surface area contributed by atoms with Gasteiger partial charge in [0.2, 0.25) is 5.91 Å². The molecule has 0 bridgehead atoms. The van der Waals surface area contributed by atoms with Crippen LogP contribution >= 0.6 is 0 Å². The van der Waals surface area contributed by atoms with Gasteiger partial charge in [-0.1, -0.05) is 52.2 Å². The molecule has 1 aliphatic rings. The van der Waals surface area contributed by atoms with Crippen molar-refractivity contribution in [3.63, 3.8) is 0 Å². The quantitative estimate of drug-likeness (QED) is 0.462. The van der Waals surface area contributed by atoms with E-state index in [9.17, 15) is 9.59 Å². The molecule has 0 heterocycles. The van der Waals surface area contributed by atoms with E-state index in [0.717, 1.165) is 31.2 Å². The lowest BCUT2D eigenvalue weighted by atomic mass is 9.87. The van der Waals surface area contributed by atoms with Crippen molar-refractivity contribution in [1.29, 1.82) is 0 Å². The van der Waals surface area contributed by atoms with Crippen LogP contribution in [0.15, 0.2) is 36.4 Å². The Labute approximate surface area is 203 Å². The van der Waals surface area contributed by atoms with Crippen LogP contribution in [0.1, 0.15) is 82.6 Å². The van der Waals surface area contributed by atoms with Crippen LogP contribution in [0.5, 0.6) is 11.5 Å². The smallest absolute Gasteiger partial charge is 0.255 e. The third-order valence-electron chi connectivity index (χ3n) is 6.18. The fraction of sp³-hybridized carbons (Fsp3) is 0.500. The largest absolute Gasteiger partial charge is 0.492 e. The van der Waals surface area contributed by atoms with Crippen molar-refractivity contribution in [2.45, 2.75) is 72.1 Å². The van der Waals surface area contributed by atoms with E-state index in [1.165, 1.54) is 6.42 Å². The number of carbonyl (C=O) groups is 2. The Kier molecular flexibility index (Phi) is 8.59. The summed E-state index contributed by atoms with van der Waals surface area (Å²) in [6.07, 6.45) is 5.19.